The summed E-state index contributed by atoms with van der Waals surface area (Å²) in [4.78, 5) is 14.4. The number of nitrogens with one attached hydrogen (secondary N) is 1. The third kappa shape index (κ3) is 4.07. The number of ether oxygens (including phenoxy) is 1. The van der Waals surface area contributed by atoms with Crippen LogP contribution in [0.25, 0.3) is 22.3 Å². The molecule has 5 heterocycles. The van der Waals surface area contributed by atoms with Crippen LogP contribution in [0.2, 0.25) is 0 Å². The van der Waals surface area contributed by atoms with Crippen LogP contribution in [0, 0.1) is 11.8 Å². The number of anilines is 1. The van der Waals surface area contributed by atoms with Crippen molar-refractivity contribution in [2.75, 3.05) is 45.0 Å². The van der Waals surface area contributed by atoms with Gasteiger partial charge < -0.3 is 15.8 Å². The summed E-state index contributed by atoms with van der Waals surface area (Å²) < 4.78 is 8.14. The van der Waals surface area contributed by atoms with Gasteiger partial charge in [0.1, 0.15) is 29.3 Å². The number of aromatic nitrogens is 4. The second kappa shape index (κ2) is 9.29. The van der Waals surface area contributed by atoms with Gasteiger partial charge in [0, 0.05) is 56.9 Å². The molecule has 3 saturated heterocycles. The molecule has 2 aromatic heterocycles. The molecule has 200 valence electrons. The Morgan fingerprint density at radius 3 is 2.15 bits per heavy atom. The second-order valence-electron chi connectivity index (χ2n) is 11.7. The molecule has 1 unspecified atom stereocenters. The maximum Gasteiger partial charge on any atom is 0.164 e. The Bertz CT molecular complexity index is 1460. The van der Waals surface area contributed by atoms with Crippen molar-refractivity contribution in [2.24, 2.45) is 11.8 Å². The molecule has 8 rings (SSSR count). The minimum Gasteiger partial charge on any atom is -0.457 e. The molecule has 3 atom stereocenters. The first kappa shape index (κ1) is 23.4. The van der Waals surface area contributed by atoms with Gasteiger partial charge in [0.05, 0.1) is 11.4 Å². The van der Waals surface area contributed by atoms with Crippen LogP contribution in [0.1, 0.15) is 18.9 Å². The Kier molecular flexibility index (Phi) is 5.57. The van der Waals surface area contributed by atoms with Gasteiger partial charge in [-0.05, 0) is 61.1 Å². The van der Waals surface area contributed by atoms with E-state index in [1.165, 1.54) is 39.3 Å². The Morgan fingerprint density at radius 2 is 1.46 bits per heavy atom. The molecule has 4 aromatic rings. The molecular weight excluding hydrogens is 488 g/mol. The first-order chi connectivity index (χ1) is 19.2. The number of rotatable bonds is 6. The Morgan fingerprint density at radius 1 is 0.769 bits per heavy atom. The number of hydrogen-bond acceptors (Lipinski definition) is 8. The first-order valence-electron chi connectivity index (χ1n) is 14.2. The first-order valence-corrected chi connectivity index (χ1v) is 14.2. The van der Waals surface area contributed by atoms with Crippen molar-refractivity contribution in [2.45, 2.75) is 31.0 Å². The van der Waals surface area contributed by atoms with E-state index in [4.69, 9.17) is 15.6 Å². The standard InChI is InChI=1S/C30H34N8O/c31-29-27-28(19-6-8-26(9-7-19)39-25-4-2-1-3-5-25)35-38(30(27)34-18-33-29)22-10-20-14-36(15-21(20)11-22)24-16-37(17-24)23-12-32-13-23/h1-9,18,20-24,32H,10-17H2,(H2,31,33,34)/t20-,21+,22?. The third-order valence-electron chi connectivity index (χ3n) is 9.41. The van der Waals surface area contributed by atoms with Crippen LogP contribution in [-0.4, -0.2) is 80.9 Å². The molecule has 4 fully saturated rings. The molecule has 3 N–H and O–H groups in total. The summed E-state index contributed by atoms with van der Waals surface area (Å²) in [7, 11) is 0. The monoisotopic (exact) mass is 522 g/mol. The zero-order valence-corrected chi connectivity index (χ0v) is 22.0. The highest BCUT2D eigenvalue weighted by Crippen LogP contribution is 2.46. The number of nitrogen functional groups attached to an aromatic ring is 1. The molecule has 3 aliphatic heterocycles. The van der Waals surface area contributed by atoms with E-state index in [-0.39, 0.29) is 0 Å². The van der Waals surface area contributed by atoms with Crippen LogP contribution in [-0.2, 0) is 0 Å². The van der Waals surface area contributed by atoms with Crippen molar-refractivity contribution in [3.63, 3.8) is 0 Å². The molecule has 0 bridgehead atoms. The molecule has 4 aliphatic rings. The zero-order valence-electron chi connectivity index (χ0n) is 22.0. The van der Waals surface area contributed by atoms with E-state index in [0.717, 1.165) is 70.6 Å². The van der Waals surface area contributed by atoms with Crippen molar-refractivity contribution in [1.82, 2.24) is 34.9 Å². The largest absolute Gasteiger partial charge is 0.457 e. The normalized spacial score (nSPS) is 26.0. The highest BCUT2D eigenvalue weighted by molar-refractivity contribution is 5.98. The lowest BCUT2D eigenvalue weighted by Gasteiger charge is -2.51. The molecule has 1 aliphatic carbocycles. The highest BCUT2D eigenvalue weighted by atomic mass is 16.5. The lowest BCUT2D eigenvalue weighted by molar-refractivity contribution is -0.00443. The van der Waals surface area contributed by atoms with E-state index >= 15 is 0 Å². The van der Waals surface area contributed by atoms with E-state index in [1.807, 2.05) is 54.6 Å². The SMILES string of the molecule is Nc1ncnc2c1c(-c1ccc(Oc3ccccc3)cc1)nn2C1C[C@@H]2CN(C3CN(C4CNC4)C3)C[C@@H]2C1. The summed E-state index contributed by atoms with van der Waals surface area (Å²) in [6, 6.07) is 19.7. The van der Waals surface area contributed by atoms with Crippen LogP contribution in [0.4, 0.5) is 5.82 Å². The van der Waals surface area contributed by atoms with Gasteiger partial charge in [-0.25, -0.2) is 14.6 Å². The average molecular weight is 523 g/mol. The summed E-state index contributed by atoms with van der Waals surface area (Å²) in [6.07, 6.45) is 3.86. The van der Waals surface area contributed by atoms with Crippen molar-refractivity contribution in [3.05, 3.63) is 60.9 Å². The maximum atomic E-state index is 6.41. The predicted molar refractivity (Wildman–Crippen MR) is 151 cm³/mol. The van der Waals surface area contributed by atoms with Crippen LogP contribution in [0.15, 0.2) is 60.9 Å². The second-order valence-corrected chi connectivity index (χ2v) is 11.7. The molecule has 0 amide bonds. The van der Waals surface area contributed by atoms with Crippen LogP contribution in [0.3, 0.4) is 0 Å². The van der Waals surface area contributed by atoms with Gasteiger partial charge in [-0.15, -0.1) is 0 Å². The number of benzene rings is 2. The topological polar surface area (TPSA) is 97.4 Å². The van der Waals surface area contributed by atoms with E-state index in [2.05, 4.69) is 29.8 Å². The fourth-order valence-corrected chi connectivity index (χ4v) is 7.11. The predicted octanol–water partition coefficient (Wildman–Crippen LogP) is 3.41. The zero-order chi connectivity index (χ0) is 25.9. The summed E-state index contributed by atoms with van der Waals surface area (Å²) in [5.41, 5.74) is 9.08. The smallest absolute Gasteiger partial charge is 0.164 e. The van der Waals surface area contributed by atoms with Gasteiger partial charge in [0.2, 0.25) is 0 Å². The highest BCUT2D eigenvalue weighted by Gasteiger charge is 2.47. The number of likely N-dealkylation sites (tertiary alicyclic amines) is 2. The number of fused-ring (bicyclic) bond motifs is 2. The molecule has 0 radical (unpaired) electrons. The van der Waals surface area contributed by atoms with Gasteiger partial charge >= 0.3 is 0 Å². The number of hydrogen-bond donors (Lipinski definition) is 2. The Labute approximate surface area is 228 Å². The molecule has 0 spiro atoms. The maximum absolute atomic E-state index is 6.41. The van der Waals surface area contributed by atoms with Crippen molar-refractivity contribution >= 4 is 16.9 Å². The van der Waals surface area contributed by atoms with Gasteiger partial charge in [-0.2, -0.15) is 5.10 Å². The van der Waals surface area contributed by atoms with Gasteiger partial charge in [-0.1, -0.05) is 18.2 Å². The minimum atomic E-state index is 0.340. The van der Waals surface area contributed by atoms with Crippen LogP contribution < -0.4 is 15.8 Å². The van der Waals surface area contributed by atoms with E-state index in [9.17, 15) is 0 Å². The molecule has 1 saturated carbocycles. The summed E-state index contributed by atoms with van der Waals surface area (Å²) in [6.45, 7) is 7.25. The summed E-state index contributed by atoms with van der Waals surface area (Å²) in [5, 5.41) is 9.38. The lowest BCUT2D eigenvalue weighted by atomic mass is 10.0. The Balaban J connectivity index is 1.00. The summed E-state index contributed by atoms with van der Waals surface area (Å²) in [5.74, 6) is 3.53. The molecular formula is C30H34N8O. The van der Waals surface area contributed by atoms with Crippen LogP contribution in [0.5, 0.6) is 11.5 Å². The fourth-order valence-electron chi connectivity index (χ4n) is 7.11. The lowest BCUT2D eigenvalue weighted by Crippen LogP contribution is -2.68. The minimum absolute atomic E-state index is 0.340. The third-order valence-corrected chi connectivity index (χ3v) is 9.41. The van der Waals surface area contributed by atoms with E-state index < -0.39 is 0 Å². The number of nitrogens with two attached hydrogens (primary N) is 1. The van der Waals surface area contributed by atoms with E-state index in [0.29, 0.717) is 11.9 Å². The van der Waals surface area contributed by atoms with Crippen LogP contribution >= 0.6 is 0 Å². The number of para-hydroxylation sites is 1. The van der Waals surface area contributed by atoms with Crippen molar-refractivity contribution in [1.29, 1.82) is 0 Å². The van der Waals surface area contributed by atoms with Gasteiger partial charge in [-0.3, -0.25) is 9.80 Å². The van der Waals surface area contributed by atoms with Gasteiger partial charge in [0.15, 0.2) is 5.65 Å². The molecule has 9 heteroatoms. The molecule has 9 nitrogen and oxygen atoms in total. The van der Waals surface area contributed by atoms with Crippen molar-refractivity contribution in [3.8, 4) is 22.8 Å². The molecule has 2 aromatic carbocycles. The average Bonchev–Trinajstić information content (AvgIpc) is 3.58. The molecule has 39 heavy (non-hydrogen) atoms. The fraction of sp³-hybridized carbons (Fsp3) is 0.433. The quantitative estimate of drug-likeness (QED) is 0.398. The number of nitrogens with zero attached hydrogens (tertiary/aromatic N) is 6. The van der Waals surface area contributed by atoms with E-state index in [1.54, 1.807) is 6.33 Å². The summed E-state index contributed by atoms with van der Waals surface area (Å²) >= 11 is 0. The van der Waals surface area contributed by atoms with Crippen molar-refractivity contribution < 1.29 is 4.74 Å². The van der Waals surface area contributed by atoms with Gasteiger partial charge in [0.25, 0.3) is 0 Å². The Hall–Kier alpha value is -3.53.